The van der Waals surface area contributed by atoms with E-state index in [0.717, 1.165) is 30.9 Å². The summed E-state index contributed by atoms with van der Waals surface area (Å²) in [5.41, 5.74) is 0.909. The number of alkyl halides is 3. The largest absolute Gasteiger partial charge is 0.416 e. The van der Waals surface area contributed by atoms with Crippen molar-refractivity contribution in [3.63, 3.8) is 0 Å². The Hall–Kier alpha value is -1.32. The van der Waals surface area contributed by atoms with E-state index < -0.39 is 11.7 Å². The maximum absolute atomic E-state index is 12.6. The van der Waals surface area contributed by atoms with Crippen LogP contribution in [0.3, 0.4) is 0 Å². The third-order valence-electron chi connectivity index (χ3n) is 3.77. The molecule has 104 valence electrons. The van der Waals surface area contributed by atoms with Gasteiger partial charge in [-0.1, -0.05) is 12.5 Å². The quantitative estimate of drug-likeness (QED) is 0.680. The fourth-order valence-corrected chi connectivity index (χ4v) is 2.77. The normalized spacial score (nSPS) is 21.3. The molecule has 0 amide bonds. The van der Waals surface area contributed by atoms with E-state index in [-0.39, 0.29) is 11.7 Å². The molecule has 2 rings (SSSR count). The van der Waals surface area contributed by atoms with Crippen molar-refractivity contribution in [2.45, 2.75) is 51.1 Å². The molecule has 1 fully saturated rings. The number of rotatable bonds is 1. The summed E-state index contributed by atoms with van der Waals surface area (Å²) >= 11 is 0. The average molecular weight is 270 g/mol. The molecular formula is C15H17F3O. The first-order chi connectivity index (χ1) is 8.88. The molecule has 19 heavy (non-hydrogen) atoms. The number of ketones is 1. The van der Waals surface area contributed by atoms with Gasteiger partial charge in [0.2, 0.25) is 0 Å². The topological polar surface area (TPSA) is 17.1 Å². The van der Waals surface area contributed by atoms with Crippen LogP contribution in [0.2, 0.25) is 0 Å². The average Bonchev–Trinajstić information content (AvgIpc) is 2.52. The van der Waals surface area contributed by atoms with Gasteiger partial charge in [0, 0.05) is 12.8 Å². The van der Waals surface area contributed by atoms with E-state index in [2.05, 4.69) is 0 Å². The van der Waals surface area contributed by atoms with E-state index >= 15 is 0 Å². The predicted molar refractivity (Wildman–Crippen MR) is 67.0 cm³/mol. The van der Waals surface area contributed by atoms with Crippen molar-refractivity contribution in [3.05, 3.63) is 34.9 Å². The first-order valence-electron chi connectivity index (χ1n) is 6.57. The van der Waals surface area contributed by atoms with Gasteiger partial charge in [-0.15, -0.1) is 0 Å². The Morgan fingerprint density at radius 2 is 1.95 bits per heavy atom. The van der Waals surface area contributed by atoms with Gasteiger partial charge in [0.25, 0.3) is 0 Å². The number of halogens is 3. The molecule has 1 aromatic carbocycles. The van der Waals surface area contributed by atoms with E-state index in [1.807, 2.05) is 0 Å². The van der Waals surface area contributed by atoms with Crippen molar-refractivity contribution < 1.29 is 18.0 Å². The SMILES string of the molecule is Cc1cc(C(F)(F)F)ccc1C1CCCCC(=O)C1. The van der Waals surface area contributed by atoms with Crippen molar-refractivity contribution in [2.75, 3.05) is 0 Å². The summed E-state index contributed by atoms with van der Waals surface area (Å²) in [6, 6.07) is 3.85. The lowest BCUT2D eigenvalue weighted by Crippen LogP contribution is -2.09. The van der Waals surface area contributed by atoms with Crippen molar-refractivity contribution in [1.82, 2.24) is 0 Å². The number of carbonyl (C=O) groups excluding carboxylic acids is 1. The second-order valence-electron chi connectivity index (χ2n) is 5.25. The number of benzene rings is 1. The minimum atomic E-state index is -4.30. The lowest BCUT2D eigenvalue weighted by atomic mass is 9.87. The minimum Gasteiger partial charge on any atom is -0.300 e. The highest BCUT2D eigenvalue weighted by molar-refractivity contribution is 5.79. The van der Waals surface area contributed by atoms with Crippen LogP contribution in [-0.4, -0.2) is 5.78 Å². The van der Waals surface area contributed by atoms with Gasteiger partial charge in [0.1, 0.15) is 5.78 Å². The number of Topliss-reactive ketones (excluding diaryl/α,β-unsaturated/α-hetero) is 1. The van der Waals surface area contributed by atoms with Crippen LogP contribution >= 0.6 is 0 Å². The van der Waals surface area contributed by atoms with Gasteiger partial charge in [-0.2, -0.15) is 13.2 Å². The second-order valence-corrected chi connectivity index (χ2v) is 5.25. The molecular weight excluding hydrogens is 253 g/mol. The van der Waals surface area contributed by atoms with Crippen molar-refractivity contribution in [2.24, 2.45) is 0 Å². The number of hydrogen-bond donors (Lipinski definition) is 0. The molecule has 0 aliphatic heterocycles. The zero-order valence-corrected chi connectivity index (χ0v) is 10.9. The summed E-state index contributed by atoms with van der Waals surface area (Å²) in [7, 11) is 0. The van der Waals surface area contributed by atoms with Crippen LogP contribution in [0, 0.1) is 6.92 Å². The smallest absolute Gasteiger partial charge is 0.300 e. The molecule has 1 atom stereocenters. The monoisotopic (exact) mass is 270 g/mol. The van der Waals surface area contributed by atoms with E-state index in [1.54, 1.807) is 13.0 Å². The Balaban J connectivity index is 2.27. The van der Waals surface area contributed by atoms with Crippen LogP contribution in [0.1, 0.15) is 54.7 Å². The van der Waals surface area contributed by atoms with Crippen LogP contribution in [0.4, 0.5) is 13.2 Å². The van der Waals surface area contributed by atoms with E-state index in [1.165, 1.54) is 6.07 Å². The molecule has 1 saturated carbocycles. The van der Waals surface area contributed by atoms with Crippen LogP contribution in [0.25, 0.3) is 0 Å². The molecule has 0 N–H and O–H groups in total. The summed E-state index contributed by atoms with van der Waals surface area (Å²) < 4.78 is 37.8. The standard InChI is InChI=1S/C15H17F3O/c1-10-8-12(15(16,17)18)6-7-14(10)11-4-2-3-5-13(19)9-11/h6-8,11H,2-5,9H2,1H3. The summed E-state index contributed by atoms with van der Waals surface area (Å²) in [6.07, 6.45) is -0.477. The number of hydrogen-bond acceptors (Lipinski definition) is 1. The molecule has 0 radical (unpaired) electrons. The van der Waals surface area contributed by atoms with Crippen LogP contribution in [0.5, 0.6) is 0 Å². The molecule has 0 bridgehead atoms. The molecule has 1 unspecified atom stereocenters. The Morgan fingerprint density at radius 3 is 2.58 bits per heavy atom. The Bertz CT molecular complexity index is 477. The van der Waals surface area contributed by atoms with Gasteiger partial charge in [-0.3, -0.25) is 4.79 Å². The van der Waals surface area contributed by atoms with Crippen LogP contribution in [0.15, 0.2) is 18.2 Å². The van der Waals surface area contributed by atoms with E-state index in [9.17, 15) is 18.0 Å². The maximum Gasteiger partial charge on any atom is 0.416 e. The predicted octanol–water partition coefficient (Wildman–Crippen LogP) is 4.63. The molecule has 0 spiro atoms. The Morgan fingerprint density at radius 1 is 1.21 bits per heavy atom. The van der Waals surface area contributed by atoms with Gasteiger partial charge in [-0.05, 0) is 48.9 Å². The fourth-order valence-electron chi connectivity index (χ4n) is 2.77. The molecule has 1 aromatic rings. The highest BCUT2D eigenvalue weighted by Crippen LogP contribution is 2.35. The zero-order chi connectivity index (χ0) is 14.0. The third kappa shape index (κ3) is 3.37. The van der Waals surface area contributed by atoms with E-state index in [0.29, 0.717) is 18.4 Å². The van der Waals surface area contributed by atoms with Crippen LogP contribution < -0.4 is 0 Å². The first-order valence-corrected chi connectivity index (χ1v) is 6.57. The van der Waals surface area contributed by atoms with Gasteiger partial charge < -0.3 is 0 Å². The Labute approximate surface area is 110 Å². The van der Waals surface area contributed by atoms with Gasteiger partial charge >= 0.3 is 6.18 Å². The molecule has 1 aliphatic carbocycles. The zero-order valence-electron chi connectivity index (χ0n) is 10.9. The lowest BCUT2D eigenvalue weighted by Gasteiger charge is -2.18. The van der Waals surface area contributed by atoms with Crippen molar-refractivity contribution in [1.29, 1.82) is 0 Å². The van der Waals surface area contributed by atoms with E-state index in [4.69, 9.17) is 0 Å². The molecule has 0 saturated heterocycles. The second kappa shape index (κ2) is 5.35. The Kier molecular flexibility index (Phi) is 3.97. The molecule has 4 heteroatoms. The summed E-state index contributed by atoms with van der Waals surface area (Å²) in [4.78, 5) is 11.6. The molecule has 1 nitrogen and oxygen atoms in total. The fraction of sp³-hybridized carbons (Fsp3) is 0.533. The van der Waals surface area contributed by atoms with Gasteiger partial charge in [-0.25, -0.2) is 0 Å². The van der Waals surface area contributed by atoms with Crippen molar-refractivity contribution in [3.8, 4) is 0 Å². The highest BCUT2D eigenvalue weighted by atomic mass is 19.4. The highest BCUT2D eigenvalue weighted by Gasteiger charge is 2.31. The summed E-state index contributed by atoms with van der Waals surface area (Å²) in [5, 5.41) is 0. The maximum atomic E-state index is 12.6. The lowest BCUT2D eigenvalue weighted by molar-refractivity contribution is -0.137. The first kappa shape index (κ1) is 14.1. The minimum absolute atomic E-state index is 0.0808. The third-order valence-corrected chi connectivity index (χ3v) is 3.77. The molecule has 0 aromatic heterocycles. The number of carbonyl (C=O) groups is 1. The van der Waals surface area contributed by atoms with Crippen molar-refractivity contribution >= 4 is 5.78 Å². The summed E-state index contributed by atoms with van der Waals surface area (Å²) in [5.74, 6) is 0.305. The van der Waals surface area contributed by atoms with Crippen LogP contribution in [-0.2, 0) is 11.0 Å². The summed E-state index contributed by atoms with van der Waals surface area (Å²) in [6.45, 7) is 1.69. The molecule has 0 heterocycles. The van der Waals surface area contributed by atoms with Gasteiger partial charge in [0.05, 0.1) is 5.56 Å². The van der Waals surface area contributed by atoms with Gasteiger partial charge in [0.15, 0.2) is 0 Å². The number of aryl methyl sites for hydroxylation is 1. The molecule has 1 aliphatic rings.